The van der Waals surface area contributed by atoms with E-state index < -0.39 is 11.4 Å². The Morgan fingerprint density at radius 3 is 2.48 bits per heavy atom. The molecule has 0 unspecified atom stereocenters. The van der Waals surface area contributed by atoms with Crippen molar-refractivity contribution >= 4 is 33.4 Å². The number of quaternary nitrogens is 1. The molecule has 4 rings (SSSR count). The summed E-state index contributed by atoms with van der Waals surface area (Å²) in [7, 11) is 6.36. The molecule has 1 aromatic heterocycles. The lowest BCUT2D eigenvalue weighted by atomic mass is 9.80. The van der Waals surface area contributed by atoms with Crippen molar-refractivity contribution in [3.63, 3.8) is 0 Å². The molecular formula is C25H29N3O4S. The Balaban J connectivity index is 1.42. The van der Waals surface area contributed by atoms with Crippen molar-refractivity contribution in [2.24, 2.45) is 5.41 Å². The molecule has 1 aliphatic carbocycles. The molecule has 0 radical (unpaired) electrons. The summed E-state index contributed by atoms with van der Waals surface area (Å²) in [6.07, 6.45) is 0.495. The third-order valence-corrected chi connectivity index (χ3v) is 7.01. The molecule has 7 nitrogen and oxygen atoms in total. The number of fused-ring (bicyclic) bond motifs is 2. The number of carboxylic acids is 1. The van der Waals surface area contributed by atoms with Gasteiger partial charge in [0.25, 0.3) is 0 Å². The van der Waals surface area contributed by atoms with Crippen LogP contribution in [0.5, 0.6) is 5.75 Å². The van der Waals surface area contributed by atoms with E-state index in [0.717, 1.165) is 43.1 Å². The Labute approximate surface area is 197 Å². The van der Waals surface area contributed by atoms with Crippen LogP contribution in [0, 0.1) is 5.41 Å². The minimum Gasteiger partial charge on any atom is -0.550 e. The van der Waals surface area contributed by atoms with Gasteiger partial charge in [0.15, 0.2) is 0 Å². The summed E-state index contributed by atoms with van der Waals surface area (Å²) in [5, 5.41) is 15.2. The summed E-state index contributed by atoms with van der Waals surface area (Å²) in [5.41, 5.74) is 1.84. The van der Waals surface area contributed by atoms with Gasteiger partial charge in [-0.2, -0.15) is 0 Å². The van der Waals surface area contributed by atoms with Gasteiger partial charge >= 0.3 is 0 Å². The SMILES string of the molecule is C[N+](C)(C)CCOc1ccc2sc(CNC(=O)C3(CC(=O)[O-])Cc4ccccc4C3)nc2c1. The van der Waals surface area contributed by atoms with E-state index in [1.54, 1.807) is 0 Å². The second-order valence-corrected chi connectivity index (χ2v) is 10.8. The zero-order valence-electron chi connectivity index (χ0n) is 19.2. The summed E-state index contributed by atoms with van der Waals surface area (Å²) in [6, 6.07) is 13.5. The fourth-order valence-corrected chi connectivity index (χ4v) is 5.12. The van der Waals surface area contributed by atoms with Crippen LogP contribution in [0.1, 0.15) is 22.6 Å². The number of likely N-dealkylation sites (N-methyl/N-ethyl adjacent to an activating group) is 1. The highest BCUT2D eigenvalue weighted by molar-refractivity contribution is 7.18. The zero-order chi connectivity index (χ0) is 23.6. The highest BCUT2D eigenvalue weighted by Gasteiger charge is 2.43. The molecule has 33 heavy (non-hydrogen) atoms. The molecule has 0 atom stereocenters. The third kappa shape index (κ3) is 5.51. The lowest BCUT2D eigenvalue weighted by molar-refractivity contribution is -0.870. The number of amides is 1. The molecule has 0 spiro atoms. The highest BCUT2D eigenvalue weighted by atomic mass is 32.1. The Bertz CT molecular complexity index is 1160. The van der Waals surface area contributed by atoms with Gasteiger partial charge in [0, 0.05) is 18.5 Å². The standard InChI is InChI=1S/C25H29N3O4S/c1-28(2,3)10-11-32-19-8-9-21-20(12-19)27-22(33-21)16-26-24(31)25(15-23(29)30)13-17-6-4-5-7-18(17)14-25/h4-9,12H,10-11,13-16H2,1-3H3,(H-,26,29,30,31). The molecule has 8 heteroatoms. The number of ether oxygens (including phenoxy) is 1. The van der Waals surface area contributed by atoms with E-state index in [1.807, 2.05) is 42.5 Å². The molecule has 1 N–H and O–H groups in total. The van der Waals surface area contributed by atoms with Crippen LogP contribution in [-0.2, 0) is 29.0 Å². The van der Waals surface area contributed by atoms with Crippen LogP contribution in [0.15, 0.2) is 42.5 Å². The molecule has 1 amide bonds. The first-order valence-corrected chi connectivity index (χ1v) is 11.8. The Hall–Kier alpha value is -2.97. The first-order valence-electron chi connectivity index (χ1n) is 11.0. The fourth-order valence-electron chi connectivity index (χ4n) is 4.24. The minimum atomic E-state index is -1.21. The number of aliphatic carboxylic acids is 1. The van der Waals surface area contributed by atoms with E-state index in [2.05, 4.69) is 31.4 Å². The summed E-state index contributed by atoms with van der Waals surface area (Å²) >= 11 is 1.51. The van der Waals surface area contributed by atoms with Crippen molar-refractivity contribution in [2.45, 2.75) is 25.8 Å². The van der Waals surface area contributed by atoms with Gasteiger partial charge in [-0.1, -0.05) is 24.3 Å². The van der Waals surface area contributed by atoms with Crippen LogP contribution in [-0.4, -0.2) is 55.6 Å². The second kappa shape index (κ2) is 9.11. The number of hydrogen-bond acceptors (Lipinski definition) is 6. The van der Waals surface area contributed by atoms with Crippen LogP contribution in [0.25, 0.3) is 10.2 Å². The van der Waals surface area contributed by atoms with Gasteiger partial charge in [-0.25, -0.2) is 4.98 Å². The van der Waals surface area contributed by atoms with E-state index in [9.17, 15) is 14.7 Å². The number of aromatic nitrogens is 1. The number of rotatable bonds is 9. The second-order valence-electron chi connectivity index (χ2n) is 9.73. The number of thiazole rings is 1. The quantitative estimate of drug-likeness (QED) is 0.486. The number of carbonyl (C=O) groups is 2. The number of carbonyl (C=O) groups excluding carboxylic acids is 2. The monoisotopic (exact) mass is 467 g/mol. The van der Waals surface area contributed by atoms with Gasteiger partial charge in [0.05, 0.1) is 43.3 Å². The molecule has 0 fully saturated rings. The van der Waals surface area contributed by atoms with Crippen LogP contribution >= 0.6 is 11.3 Å². The zero-order valence-corrected chi connectivity index (χ0v) is 20.0. The van der Waals surface area contributed by atoms with E-state index >= 15 is 0 Å². The average molecular weight is 468 g/mol. The summed E-state index contributed by atoms with van der Waals surface area (Å²) < 4.78 is 7.70. The van der Waals surface area contributed by atoms with Gasteiger partial charge < -0.3 is 24.4 Å². The number of nitrogens with one attached hydrogen (secondary N) is 1. The number of benzene rings is 2. The topological polar surface area (TPSA) is 91.3 Å². The normalized spacial score (nSPS) is 14.8. The van der Waals surface area contributed by atoms with Gasteiger partial charge in [-0.05, 0) is 36.1 Å². The van der Waals surface area contributed by atoms with Gasteiger partial charge in [0.1, 0.15) is 23.9 Å². The van der Waals surface area contributed by atoms with E-state index in [-0.39, 0.29) is 18.9 Å². The lowest BCUT2D eigenvalue weighted by Crippen LogP contribution is -2.45. The Morgan fingerprint density at radius 2 is 1.85 bits per heavy atom. The Kier molecular flexibility index (Phi) is 6.41. The lowest BCUT2D eigenvalue weighted by Gasteiger charge is -2.28. The number of nitrogens with zero attached hydrogens (tertiary/aromatic N) is 2. The van der Waals surface area contributed by atoms with E-state index in [1.165, 1.54) is 11.3 Å². The van der Waals surface area contributed by atoms with Gasteiger partial charge in [-0.3, -0.25) is 4.79 Å². The summed E-state index contributed by atoms with van der Waals surface area (Å²) in [6.45, 7) is 1.76. The largest absolute Gasteiger partial charge is 0.550 e. The molecule has 0 bridgehead atoms. The number of carboxylic acid groups (broad SMARTS) is 1. The molecular weight excluding hydrogens is 438 g/mol. The van der Waals surface area contributed by atoms with Crippen molar-refractivity contribution in [3.8, 4) is 5.75 Å². The van der Waals surface area contributed by atoms with Gasteiger partial charge in [-0.15, -0.1) is 11.3 Å². The van der Waals surface area contributed by atoms with E-state index in [0.29, 0.717) is 19.4 Å². The first-order chi connectivity index (χ1) is 15.6. The van der Waals surface area contributed by atoms with Crippen molar-refractivity contribution in [2.75, 3.05) is 34.3 Å². The smallest absolute Gasteiger partial charge is 0.227 e. The predicted molar refractivity (Wildman–Crippen MR) is 126 cm³/mol. The number of hydrogen-bond donors (Lipinski definition) is 1. The van der Waals surface area contributed by atoms with Crippen LogP contribution in [0.3, 0.4) is 0 Å². The first kappa shape index (κ1) is 23.2. The van der Waals surface area contributed by atoms with Crippen molar-refractivity contribution in [1.82, 2.24) is 10.3 Å². The maximum absolute atomic E-state index is 13.2. The molecule has 1 aliphatic rings. The van der Waals surface area contributed by atoms with Crippen LogP contribution in [0.2, 0.25) is 0 Å². The van der Waals surface area contributed by atoms with Crippen molar-refractivity contribution < 1.29 is 23.9 Å². The average Bonchev–Trinajstić information content (AvgIpc) is 3.31. The fraction of sp³-hybridized carbons (Fsp3) is 0.400. The van der Waals surface area contributed by atoms with E-state index in [4.69, 9.17) is 4.74 Å². The molecule has 0 aliphatic heterocycles. The van der Waals surface area contributed by atoms with Gasteiger partial charge in [0.2, 0.25) is 5.91 Å². The third-order valence-electron chi connectivity index (χ3n) is 5.97. The van der Waals surface area contributed by atoms with Crippen LogP contribution < -0.4 is 15.2 Å². The van der Waals surface area contributed by atoms with Crippen molar-refractivity contribution in [3.05, 3.63) is 58.6 Å². The maximum atomic E-state index is 13.2. The molecule has 0 saturated heterocycles. The summed E-state index contributed by atoms with van der Waals surface area (Å²) in [5.74, 6) is -0.712. The molecule has 0 saturated carbocycles. The molecule has 3 aromatic rings. The Morgan fingerprint density at radius 1 is 1.15 bits per heavy atom. The highest BCUT2D eigenvalue weighted by Crippen LogP contribution is 2.40. The summed E-state index contributed by atoms with van der Waals surface area (Å²) in [4.78, 5) is 29.3. The molecule has 1 heterocycles. The minimum absolute atomic E-state index is 0.251. The molecule has 174 valence electrons. The molecule has 2 aromatic carbocycles. The predicted octanol–water partition coefficient (Wildman–Crippen LogP) is 1.92. The van der Waals surface area contributed by atoms with Crippen molar-refractivity contribution in [1.29, 1.82) is 0 Å². The van der Waals surface area contributed by atoms with Crippen LogP contribution in [0.4, 0.5) is 0 Å². The maximum Gasteiger partial charge on any atom is 0.227 e.